The number of Topliss-reactive ketones (excluding diaryl/α,β-unsaturated/α-hetero) is 1. The molecule has 3 N–H and O–H groups in total. The Morgan fingerprint density at radius 2 is 1.34 bits per heavy atom. The van der Waals surface area contributed by atoms with Crippen molar-refractivity contribution in [1.29, 1.82) is 0 Å². The summed E-state index contributed by atoms with van der Waals surface area (Å²) >= 11 is 0. The highest BCUT2D eigenvalue weighted by molar-refractivity contribution is 6.01. The van der Waals surface area contributed by atoms with Gasteiger partial charge in [-0.05, 0) is 50.7 Å². The monoisotopic (exact) mass is 397 g/mol. The maximum Gasteiger partial charge on any atom is 0.338 e. The molecule has 0 heterocycles. The minimum absolute atomic E-state index is 0.150. The molecule has 0 fully saturated rings. The molecule has 5 nitrogen and oxygen atoms in total. The van der Waals surface area contributed by atoms with Gasteiger partial charge in [-0.3, -0.25) is 10.5 Å². The fourth-order valence-electron chi connectivity index (χ4n) is 3.42. The molecule has 2 aromatic carbocycles. The van der Waals surface area contributed by atoms with E-state index in [2.05, 4.69) is 0 Å². The van der Waals surface area contributed by atoms with Crippen LogP contribution in [0.4, 0.5) is 0 Å². The van der Waals surface area contributed by atoms with Crippen molar-refractivity contribution in [3.8, 4) is 0 Å². The third-order valence-corrected chi connectivity index (χ3v) is 5.48. The quantitative estimate of drug-likeness (QED) is 0.252. The predicted octanol–water partition coefficient (Wildman–Crippen LogP) is 4.49. The van der Waals surface area contributed by atoms with E-state index in [9.17, 15) is 14.7 Å². The first-order valence-corrected chi connectivity index (χ1v) is 10.2. The molecule has 1 unspecified atom stereocenters. The highest BCUT2D eigenvalue weighted by Gasteiger charge is 2.33. The molecule has 0 saturated heterocycles. The second kappa shape index (κ2) is 10.3. The first-order chi connectivity index (χ1) is 13.8. The normalized spacial score (nSPS) is 13.5. The fraction of sp³-hybridized carbons (Fsp3) is 0.417. The van der Waals surface area contributed by atoms with Crippen LogP contribution in [0.1, 0.15) is 73.1 Å². The fourth-order valence-corrected chi connectivity index (χ4v) is 3.42. The van der Waals surface area contributed by atoms with Crippen LogP contribution in [0, 0.1) is 0 Å². The largest absolute Gasteiger partial charge is 0.456 e. The van der Waals surface area contributed by atoms with Gasteiger partial charge < -0.3 is 9.84 Å². The van der Waals surface area contributed by atoms with E-state index in [1.807, 2.05) is 32.0 Å². The number of hydrogen-bond donors (Lipinski definition) is 2. The zero-order chi connectivity index (χ0) is 21.3. The average molecular weight is 398 g/mol. The number of rotatable bonds is 11. The summed E-state index contributed by atoms with van der Waals surface area (Å²) in [6.07, 6.45) is 3.42. The number of esters is 1. The van der Waals surface area contributed by atoms with Crippen LogP contribution < -0.4 is 5.73 Å². The van der Waals surface area contributed by atoms with Crippen molar-refractivity contribution in [2.45, 2.75) is 63.7 Å². The Hall–Kier alpha value is -2.50. The SMILES string of the molecule is CCC(CC)(CCCCC(N)(O)C(=O)c1ccccc1)OC(=O)c1ccccc1. The minimum atomic E-state index is -1.90. The van der Waals surface area contributed by atoms with E-state index in [0.717, 1.165) is 0 Å². The second-order valence-electron chi connectivity index (χ2n) is 7.47. The van der Waals surface area contributed by atoms with Gasteiger partial charge in [-0.1, -0.05) is 62.4 Å². The molecule has 0 radical (unpaired) electrons. The first kappa shape index (κ1) is 22.8. The number of benzene rings is 2. The molecule has 29 heavy (non-hydrogen) atoms. The summed E-state index contributed by atoms with van der Waals surface area (Å²) in [6, 6.07) is 17.5. The Balaban J connectivity index is 1.91. The third kappa shape index (κ3) is 6.24. The van der Waals surface area contributed by atoms with Crippen LogP contribution in [0.15, 0.2) is 60.7 Å². The number of unbranched alkanes of at least 4 members (excludes halogenated alkanes) is 1. The maximum absolute atomic E-state index is 12.5. The van der Waals surface area contributed by atoms with Crippen LogP contribution in [-0.2, 0) is 4.74 Å². The van der Waals surface area contributed by atoms with Gasteiger partial charge in [0.2, 0.25) is 5.78 Å². The van der Waals surface area contributed by atoms with Gasteiger partial charge in [0.15, 0.2) is 5.72 Å². The van der Waals surface area contributed by atoms with Gasteiger partial charge in [-0.2, -0.15) is 0 Å². The molecule has 2 rings (SSSR count). The molecule has 5 heteroatoms. The van der Waals surface area contributed by atoms with Crippen molar-refractivity contribution in [2.75, 3.05) is 0 Å². The lowest BCUT2D eigenvalue weighted by molar-refractivity contribution is -0.0295. The summed E-state index contributed by atoms with van der Waals surface area (Å²) in [5.41, 5.74) is 4.34. The van der Waals surface area contributed by atoms with Crippen molar-refractivity contribution in [3.05, 3.63) is 71.8 Å². The summed E-state index contributed by atoms with van der Waals surface area (Å²) in [5, 5.41) is 10.4. The number of carbonyl (C=O) groups excluding carboxylic acids is 2. The maximum atomic E-state index is 12.5. The standard InChI is InChI=1S/C24H31NO4/c1-3-23(4-2,29-22(27)20-15-9-6-10-16-20)17-11-12-18-24(25,28)21(26)19-13-7-5-8-14-19/h5-10,13-16,28H,3-4,11-12,17-18,25H2,1-2H3. The summed E-state index contributed by atoms with van der Waals surface area (Å²) in [4.78, 5) is 24.9. The first-order valence-electron chi connectivity index (χ1n) is 10.2. The molecule has 156 valence electrons. The minimum Gasteiger partial charge on any atom is -0.456 e. The molecule has 0 aliphatic carbocycles. The van der Waals surface area contributed by atoms with Gasteiger partial charge in [0.05, 0.1) is 5.56 Å². The average Bonchev–Trinajstić information content (AvgIpc) is 2.76. The van der Waals surface area contributed by atoms with Gasteiger partial charge in [0.25, 0.3) is 0 Å². The van der Waals surface area contributed by atoms with Crippen molar-refractivity contribution in [1.82, 2.24) is 0 Å². The van der Waals surface area contributed by atoms with Crippen LogP contribution >= 0.6 is 0 Å². The van der Waals surface area contributed by atoms with E-state index in [-0.39, 0.29) is 12.4 Å². The molecule has 1 atom stereocenters. The molecule has 0 amide bonds. The van der Waals surface area contributed by atoms with E-state index in [0.29, 0.717) is 43.2 Å². The topological polar surface area (TPSA) is 89.6 Å². The lowest BCUT2D eigenvalue weighted by atomic mass is 9.88. The van der Waals surface area contributed by atoms with E-state index >= 15 is 0 Å². The van der Waals surface area contributed by atoms with Crippen molar-refractivity contribution in [3.63, 3.8) is 0 Å². The van der Waals surface area contributed by atoms with Crippen molar-refractivity contribution < 1.29 is 19.4 Å². The molecular weight excluding hydrogens is 366 g/mol. The van der Waals surface area contributed by atoms with Gasteiger partial charge in [-0.15, -0.1) is 0 Å². The molecule has 0 aliphatic rings. The van der Waals surface area contributed by atoms with Crippen LogP contribution in [0.25, 0.3) is 0 Å². The highest BCUT2D eigenvalue weighted by atomic mass is 16.6. The molecule has 0 spiro atoms. The molecule has 0 bridgehead atoms. The van der Waals surface area contributed by atoms with E-state index in [1.165, 1.54) is 0 Å². The number of aliphatic hydroxyl groups is 1. The Morgan fingerprint density at radius 1 is 0.862 bits per heavy atom. The molecule has 0 aromatic heterocycles. The Bertz CT molecular complexity index is 783. The zero-order valence-electron chi connectivity index (χ0n) is 17.3. The summed E-state index contributed by atoms with van der Waals surface area (Å²) in [7, 11) is 0. The van der Waals surface area contributed by atoms with Gasteiger partial charge in [-0.25, -0.2) is 4.79 Å². The lowest BCUT2D eigenvalue weighted by Crippen LogP contribution is -2.47. The van der Waals surface area contributed by atoms with Gasteiger partial charge in [0, 0.05) is 5.56 Å². The smallest absolute Gasteiger partial charge is 0.338 e. The highest BCUT2D eigenvalue weighted by Crippen LogP contribution is 2.29. The molecule has 0 aliphatic heterocycles. The predicted molar refractivity (Wildman–Crippen MR) is 114 cm³/mol. The van der Waals surface area contributed by atoms with E-state index in [4.69, 9.17) is 10.5 Å². The van der Waals surface area contributed by atoms with E-state index < -0.39 is 17.1 Å². The molecular formula is C24H31NO4. The summed E-state index contributed by atoms with van der Waals surface area (Å²) in [6.45, 7) is 4.00. The van der Waals surface area contributed by atoms with Crippen LogP contribution in [0.5, 0.6) is 0 Å². The summed E-state index contributed by atoms with van der Waals surface area (Å²) in [5.74, 6) is -0.810. The third-order valence-electron chi connectivity index (χ3n) is 5.48. The van der Waals surface area contributed by atoms with Crippen molar-refractivity contribution >= 4 is 11.8 Å². The number of carbonyl (C=O) groups is 2. The van der Waals surface area contributed by atoms with Gasteiger partial charge >= 0.3 is 5.97 Å². The summed E-state index contributed by atoms with van der Waals surface area (Å²) < 4.78 is 5.87. The number of ketones is 1. The Kier molecular flexibility index (Phi) is 8.11. The van der Waals surface area contributed by atoms with E-state index in [1.54, 1.807) is 42.5 Å². The number of ether oxygens (including phenoxy) is 1. The lowest BCUT2D eigenvalue weighted by Gasteiger charge is -2.32. The Labute approximate surface area is 172 Å². The molecule has 2 aromatic rings. The van der Waals surface area contributed by atoms with Crippen LogP contribution in [-0.4, -0.2) is 28.2 Å². The number of nitrogens with two attached hydrogens (primary N) is 1. The Morgan fingerprint density at radius 3 is 1.86 bits per heavy atom. The zero-order valence-corrected chi connectivity index (χ0v) is 17.3. The number of hydrogen-bond acceptors (Lipinski definition) is 5. The van der Waals surface area contributed by atoms with Gasteiger partial charge in [0.1, 0.15) is 5.60 Å². The van der Waals surface area contributed by atoms with Crippen molar-refractivity contribution in [2.24, 2.45) is 5.73 Å². The van der Waals surface area contributed by atoms with Crippen LogP contribution in [0.3, 0.4) is 0 Å². The molecule has 0 saturated carbocycles. The van der Waals surface area contributed by atoms with Crippen LogP contribution in [0.2, 0.25) is 0 Å². The second-order valence-corrected chi connectivity index (χ2v) is 7.47.